The van der Waals surface area contributed by atoms with Crippen molar-refractivity contribution < 1.29 is 0 Å². The summed E-state index contributed by atoms with van der Waals surface area (Å²) in [5.41, 5.74) is 2.88. The second-order valence-electron chi connectivity index (χ2n) is 9.29. The monoisotopic (exact) mass is 464 g/mol. The van der Waals surface area contributed by atoms with Crippen LogP contribution < -0.4 is 15.9 Å². The summed E-state index contributed by atoms with van der Waals surface area (Å²) in [6.07, 6.45) is 6.94. The molecule has 0 aromatic heterocycles. The highest BCUT2D eigenvalue weighted by molar-refractivity contribution is 7.80. The largest absolute Gasteiger partial charge is 0.0836 e. The van der Waals surface area contributed by atoms with Crippen LogP contribution in [0.2, 0.25) is 0 Å². The molecule has 0 nitrogen and oxygen atoms in total. The number of hydrogen-bond acceptors (Lipinski definition) is 0. The van der Waals surface area contributed by atoms with E-state index in [0.29, 0.717) is 0 Å². The van der Waals surface area contributed by atoms with Crippen molar-refractivity contribution in [1.82, 2.24) is 0 Å². The topological polar surface area (TPSA) is 0 Å². The van der Waals surface area contributed by atoms with Gasteiger partial charge in [-0.2, -0.15) is 0 Å². The molecule has 0 radical (unpaired) electrons. The highest BCUT2D eigenvalue weighted by atomic mass is 31.1. The van der Waals surface area contributed by atoms with Crippen LogP contribution in [0.5, 0.6) is 0 Å². The fourth-order valence-corrected chi connectivity index (χ4v) is 8.18. The van der Waals surface area contributed by atoms with Gasteiger partial charge in [0.15, 0.2) is 0 Å². The predicted molar refractivity (Wildman–Crippen MR) is 155 cm³/mol. The van der Waals surface area contributed by atoms with Crippen LogP contribution in [-0.2, 0) is 6.42 Å². The molecule has 6 aromatic rings. The molecular weight excluding hydrogens is 439 g/mol. The number of benzene rings is 6. The Balaban J connectivity index is 1.62. The normalized spacial score (nSPS) is 13.1. The number of hydrogen-bond donors (Lipinski definition) is 0. The Bertz CT molecular complexity index is 1690. The molecule has 0 unspecified atom stereocenters. The maximum absolute atomic E-state index is 2.48. The molecule has 6 aromatic carbocycles. The molecule has 1 heteroatoms. The van der Waals surface area contributed by atoms with Crippen LogP contribution in [0.25, 0.3) is 38.4 Å². The maximum Gasteiger partial charge on any atom is -0.00202 e. The minimum absolute atomic E-state index is 0.686. The molecule has 0 aliphatic heterocycles. The van der Waals surface area contributed by atoms with Gasteiger partial charge in [-0.15, -0.1) is 0 Å². The van der Waals surface area contributed by atoms with Crippen LogP contribution in [0.4, 0.5) is 0 Å². The van der Waals surface area contributed by atoms with Crippen LogP contribution in [0, 0.1) is 0 Å². The molecule has 0 saturated heterocycles. The maximum atomic E-state index is 2.48. The van der Waals surface area contributed by atoms with Crippen molar-refractivity contribution >= 4 is 62.2 Å². The van der Waals surface area contributed by atoms with Gasteiger partial charge >= 0.3 is 0 Å². The van der Waals surface area contributed by atoms with Crippen molar-refractivity contribution in [2.24, 2.45) is 0 Å². The third kappa shape index (κ3) is 3.41. The van der Waals surface area contributed by atoms with E-state index in [-0.39, 0.29) is 0 Å². The van der Waals surface area contributed by atoms with Gasteiger partial charge in [-0.25, -0.2) is 0 Å². The van der Waals surface area contributed by atoms with E-state index in [0.717, 1.165) is 12.8 Å². The average molecular weight is 465 g/mol. The lowest BCUT2D eigenvalue weighted by Crippen LogP contribution is -2.21. The molecule has 0 fully saturated rings. The predicted octanol–water partition coefficient (Wildman–Crippen LogP) is 7.86. The minimum Gasteiger partial charge on any atom is -0.0836 e. The van der Waals surface area contributed by atoms with Crippen molar-refractivity contribution in [3.05, 3.63) is 132 Å². The third-order valence-electron chi connectivity index (χ3n) is 7.25. The van der Waals surface area contributed by atoms with Gasteiger partial charge < -0.3 is 0 Å². The summed E-state index contributed by atoms with van der Waals surface area (Å²) in [5.74, 6) is 0. The van der Waals surface area contributed by atoms with E-state index in [1.807, 2.05) is 0 Å². The summed E-state index contributed by atoms with van der Waals surface area (Å²) >= 11 is 0. The van der Waals surface area contributed by atoms with Gasteiger partial charge in [-0.05, 0) is 86.2 Å². The van der Waals surface area contributed by atoms with Crippen LogP contribution >= 0.6 is 7.92 Å². The van der Waals surface area contributed by atoms with Crippen LogP contribution in [0.3, 0.4) is 0 Å². The van der Waals surface area contributed by atoms with Gasteiger partial charge in [0, 0.05) is 0 Å². The van der Waals surface area contributed by atoms with Gasteiger partial charge in [0.1, 0.15) is 0 Å². The summed E-state index contributed by atoms with van der Waals surface area (Å²) in [4.78, 5) is 0. The third-order valence-corrected chi connectivity index (χ3v) is 9.73. The van der Waals surface area contributed by atoms with Gasteiger partial charge in [0.25, 0.3) is 0 Å². The Morgan fingerprint density at radius 2 is 1.17 bits per heavy atom. The molecule has 0 saturated carbocycles. The summed E-state index contributed by atoms with van der Waals surface area (Å²) in [5, 5.41) is 12.4. The lowest BCUT2D eigenvalue weighted by Gasteiger charge is -2.23. The lowest BCUT2D eigenvalue weighted by atomic mass is 9.88. The van der Waals surface area contributed by atoms with E-state index in [1.165, 1.54) is 59.4 Å². The quantitative estimate of drug-likeness (QED) is 0.185. The van der Waals surface area contributed by atoms with Crippen molar-refractivity contribution in [2.45, 2.75) is 12.8 Å². The van der Waals surface area contributed by atoms with E-state index in [4.69, 9.17) is 0 Å². The van der Waals surface area contributed by atoms with Gasteiger partial charge in [-0.3, -0.25) is 0 Å². The first-order chi connectivity index (χ1) is 17.4. The van der Waals surface area contributed by atoms with Crippen molar-refractivity contribution in [1.29, 1.82) is 0 Å². The van der Waals surface area contributed by atoms with Crippen molar-refractivity contribution in [2.75, 3.05) is 0 Å². The first-order valence-corrected chi connectivity index (χ1v) is 13.7. The number of rotatable bonds is 3. The zero-order valence-electron chi connectivity index (χ0n) is 19.5. The van der Waals surface area contributed by atoms with Gasteiger partial charge in [0.05, 0.1) is 0 Å². The average Bonchev–Trinajstić information content (AvgIpc) is 2.94. The summed E-state index contributed by atoms with van der Waals surface area (Å²) < 4.78 is 0. The Hall–Kier alpha value is -3.73. The molecule has 35 heavy (non-hydrogen) atoms. The van der Waals surface area contributed by atoms with E-state index in [2.05, 4.69) is 127 Å². The first-order valence-electron chi connectivity index (χ1n) is 12.4. The molecule has 0 heterocycles. The summed E-state index contributed by atoms with van der Waals surface area (Å²) in [6.45, 7) is 0. The van der Waals surface area contributed by atoms with Crippen molar-refractivity contribution in [3.8, 4) is 0 Å². The van der Waals surface area contributed by atoms with Gasteiger partial charge in [0.2, 0.25) is 0 Å². The molecule has 1 aliphatic carbocycles. The second-order valence-corrected chi connectivity index (χ2v) is 11.5. The fraction of sp³-hybridized carbons (Fsp3) is 0.0588. The molecule has 1 aliphatic rings. The molecule has 0 N–H and O–H groups in total. The van der Waals surface area contributed by atoms with E-state index < -0.39 is 7.92 Å². The van der Waals surface area contributed by atoms with Crippen LogP contribution in [0.15, 0.2) is 121 Å². The molecule has 0 bridgehead atoms. The van der Waals surface area contributed by atoms with Gasteiger partial charge in [-0.1, -0.05) is 121 Å². The Labute approximate surface area is 207 Å². The SMILES string of the molecule is C1=Cc2c(ccc3ccc4cc(P(c5ccccc5)c5ccccc5)c5ccccc5c4c23)CC1. The lowest BCUT2D eigenvalue weighted by molar-refractivity contribution is 0.990. The molecule has 0 atom stereocenters. The van der Waals surface area contributed by atoms with Crippen molar-refractivity contribution in [3.63, 3.8) is 0 Å². The van der Waals surface area contributed by atoms with Crippen LogP contribution in [-0.4, -0.2) is 0 Å². The second kappa shape index (κ2) is 8.49. The van der Waals surface area contributed by atoms with E-state index in [9.17, 15) is 0 Å². The van der Waals surface area contributed by atoms with E-state index in [1.54, 1.807) is 0 Å². The first kappa shape index (κ1) is 20.6. The Kier molecular flexibility index (Phi) is 5.00. The number of fused-ring (bicyclic) bond motifs is 7. The molecule has 7 rings (SSSR count). The molecule has 0 spiro atoms. The van der Waals surface area contributed by atoms with E-state index >= 15 is 0 Å². The number of aryl methyl sites for hydroxylation is 1. The zero-order valence-corrected chi connectivity index (χ0v) is 20.4. The fourth-order valence-electron chi connectivity index (χ4n) is 5.68. The summed E-state index contributed by atoms with van der Waals surface area (Å²) in [6, 6.07) is 42.9. The molecular formula is C34H25P. The summed E-state index contributed by atoms with van der Waals surface area (Å²) in [7, 11) is -0.686. The Morgan fingerprint density at radius 3 is 1.91 bits per heavy atom. The number of allylic oxidation sites excluding steroid dienone is 1. The van der Waals surface area contributed by atoms with Crippen LogP contribution in [0.1, 0.15) is 17.5 Å². The smallest absolute Gasteiger partial charge is 0.00202 e. The molecule has 166 valence electrons. The highest BCUT2D eigenvalue weighted by Crippen LogP contribution is 2.41. The standard InChI is InChI=1S/C34H25P/c1-3-12-27(13-4-1)35(28-14-5-2-6-15-28)32-23-26-22-21-25-20-19-24-11-7-8-16-29(24)33(25)34(26)31-18-10-9-17-30(31)32/h1-6,8-10,12-23H,7,11H2. The minimum atomic E-state index is -0.686. The Morgan fingerprint density at radius 1 is 0.543 bits per heavy atom. The molecule has 0 amide bonds. The highest BCUT2D eigenvalue weighted by Gasteiger charge is 2.21. The zero-order chi connectivity index (χ0) is 23.2.